The summed E-state index contributed by atoms with van der Waals surface area (Å²) in [7, 11) is 0. The summed E-state index contributed by atoms with van der Waals surface area (Å²) >= 11 is 0. The molecule has 0 spiro atoms. The van der Waals surface area contributed by atoms with E-state index in [4.69, 9.17) is 13.7 Å². The number of rotatable bonds is 4. The minimum absolute atomic E-state index is 0.138. The van der Waals surface area contributed by atoms with Crippen LogP contribution in [0.15, 0.2) is 31.9 Å². The maximum absolute atomic E-state index is 12.5. The number of nitrogens with zero attached hydrogens (tertiary/aromatic N) is 2. The van der Waals surface area contributed by atoms with Gasteiger partial charge >= 0.3 is 5.63 Å². The van der Waals surface area contributed by atoms with Gasteiger partial charge in [-0.05, 0) is 19.8 Å². The molecule has 7 nitrogen and oxygen atoms in total. The zero-order valence-electron chi connectivity index (χ0n) is 13.4. The van der Waals surface area contributed by atoms with Crippen LogP contribution in [-0.4, -0.2) is 35.2 Å². The molecule has 0 aromatic carbocycles. The second kappa shape index (κ2) is 5.81. The summed E-state index contributed by atoms with van der Waals surface area (Å²) in [5.74, 6) is 2.07. The highest BCUT2D eigenvalue weighted by Crippen LogP contribution is 2.40. The maximum atomic E-state index is 12.5. The fourth-order valence-corrected chi connectivity index (χ4v) is 2.96. The minimum atomic E-state index is -0.439. The van der Waals surface area contributed by atoms with E-state index >= 15 is 0 Å². The fraction of sp³-hybridized carbons (Fsp3) is 0.471. The molecule has 2 fully saturated rings. The van der Waals surface area contributed by atoms with Crippen LogP contribution in [0, 0.1) is 6.92 Å². The Morgan fingerprint density at radius 3 is 2.88 bits per heavy atom. The van der Waals surface area contributed by atoms with Gasteiger partial charge in [0.2, 0.25) is 0 Å². The van der Waals surface area contributed by atoms with Crippen LogP contribution in [0.4, 0.5) is 0 Å². The van der Waals surface area contributed by atoms with Crippen molar-refractivity contribution in [1.29, 1.82) is 0 Å². The zero-order valence-corrected chi connectivity index (χ0v) is 13.4. The summed E-state index contributed by atoms with van der Waals surface area (Å²) in [6, 6.07) is 4.74. The van der Waals surface area contributed by atoms with E-state index in [9.17, 15) is 9.59 Å². The van der Waals surface area contributed by atoms with E-state index in [2.05, 4.69) is 5.16 Å². The zero-order chi connectivity index (χ0) is 16.7. The second-order valence-electron chi connectivity index (χ2n) is 6.39. The van der Waals surface area contributed by atoms with E-state index in [1.807, 2.05) is 0 Å². The normalized spacial score (nSPS) is 20.4. The third-order valence-electron chi connectivity index (χ3n) is 4.33. The van der Waals surface area contributed by atoms with Crippen LogP contribution in [0.25, 0.3) is 0 Å². The number of hydrogen-bond acceptors (Lipinski definition) is 6. The Hall–Kier alpha value is -2.57. The third kappa shape index (κ3) is 3.06. The predicted octanol–water partition coefficient (Wildman–Crippen LogP) is 2.11. The van der Waals surface area contributed by atoms with Crippen LogP contribution in [0.3, 0.4) is 0 Å². The van der Waals surface area contributed by atoms with E-state index in [1.165, 1.54) is 6.07 Å². The lowest BCUT2D eigenvalue weighted by Gasteiger charge is -2.16. The van der Waals surface area contributed by atoms with Gasteiger partial charge < -0.3 is 18.6 Å². The Morgan fingerprint density at radius 2 is 2.12 bits per heavy atom. The average Bonchev–Trinajstić information content (AvgIpc) is 3.08. The van der Waals surface area contributed by atoms with Crippen molar-refractivity contribution in [3.8, 4) is 5.75 Å². The topological polar surface area (TPSA) is 85.8 Å². The number of hydrogen-bond donors (Lipinski definition) is 0. The molecule has 7 heteroatoms. The molecule has 2 aliphatic rings. The first-order chi connectivity index (χ1) is 11.6. The van der Waals surface area contributed by atoms with Gasteiger partial charge in [-0.1, -0.05) is 5.16 Å². The van der Waals surface area contributed by atoms with Gasteiger partial charge in [-0.2, -0.15) is 0 Å². The average molecular weight is 330 g/mol. The number of carbonyl (C=O) groups is 1. The Balaban J connectivity index is 1.40. The lowest BCUT2D eigenvalue weighted by Crippen LogP contribution is -2.31. The highest BCUT2D eigenvalue weighted by molar-refractivity contribution is 5.92. The van der Waals surface area contributed by atoms with Crippen molar-refractivity contribution in [3.05, 3.63) is 45.8 Å². The quantitative estimate of drug-likeness (QED) is 0.853. The Morgan fingerprint density at radius 1 is 1.29 bits per heavy atom. The molecule has 1 unspecified atom stereocenters. The van der Waals surface area contributed by atoms with Gasteiger partial charge in [0.1, 0.15) is 23.4 Å². The highest BCUT2D eigenvalue weighted by atomic mass is 16.5. The molecule has 1 saturated carbocycles. The van der Waals surface area contributed by atoms with Crippen molar-refractivity contribution < 1.29 is 18.5 Å². The Bertz CT molecular complexity index is 820. The molecular weight excluding hydrogens is 312 g/mol. The monoisotopic (exact) mass is 330 g/mol. The van der Waals surface area contributed by atoms with Crippen LogP contribution < -0.4 is 10.4 Å². The maximum Gasteiger partial charge on any atom is 0.339 e. The summed E-state index contributed by atoms with van der Waals surface area (Å²) in [6.45, 7) is 2.75. The lowest BCUT2D eigenvalue weighted by atomic mass is 10.2. The summed E-state index contributed by atoms with van der Waals surface area (Å²) in [5.41, 5.74) is -0.0834. The molecule has 1 atom stereocenters. The Labute approximate surface area is 138 Å². The Kier molecular flexibility index (Phi) is 3.63. The van der Waals surface area contributed by atoms with Gasteiger partial charge in [0.25, 0.3) is 5.91 Å². The molecule has 126 valence electrons. The van der Waals surface area contributed by atoms with E-state index in [1.54, 1.807) is 24.0 Å². The molecule has 24 heavy (non-hydrogen) atoms. The molecule has 1 aliphatic heterocycles. The molecule has 0 bridgehead atoms. The first kappa shape index (κ1) is 15.0. The molecule has 0 radical (unpaired) electrons. The number of amides is 1. The van der Waals surface area contributed by atoms with E-state index in [0.29, 0.717) is 42.6 Å². The molecule has 2 aromatic heterocycles. The standard InChI is InChI=1S/C17H18N2O5/c1-10-6-13(7-16(20)22-10)23-12-4-5-19(9-12)17(21)14-8-15(24-18-14)11-2-3-11/h6-8,11-12H,2-5,9H2,1H3. The molecule has 1 aliphatic carbocycles. The van der Waals surface area contributed by atoms with Gasteiger partial charge in [0.15, 0.2) is 5.69 Å². The summed E-state index contributed by atoms with van der Waals surface area (Å²) in [4.78, 5) is 25.6. The first-order valence-corrected chi connectivity index (χ1v) is 8.13. The van der Waals surface area contributed by atoms with E-state index in [0.717, 1.165) is 18.6 Å². The first-order valence-electron chi connectivity index (χ1n) is 8.13. The van der Waals surface area contributed by atoms with Crippen molar-refractivity contribution >= 4 is 5.91 Å². The van der Waals surface area contributed by atoms with Crippen molar-refractivity contribution in [2.24, 2.45) is 0 Å². The molecule has 2 aromatic rings. The second-order valence-corrected chi connectivity index (χ2v) is 6.39. The van der Waals surface area contributed by atoms with Crippen molar-refractivity contribution in [2.45, 2.75) is 38.2 Å². The lowest BCUT2D eigenvalue weighted by molar-refractivity contribution is 0.0761. The largest absolute Gasteiger partial charge is 0.488 e. The van der Waals surface area contributed by atoms with Gasteiger partial charge in [-0.3, -0.25) is 4.79 Å². The highest BCUT2D eigenvalue weighted by Gasteiger charge is 2.32. The molecular formula is C17H18N2O5. The summed E-state index contributed by atoms with van der Waals surface area (Å²) in [6.07, 6.45) is 2.77. The third-order valence-corrected chi connectivity index (χ3v) is 4.33. The summed E-state index contributed by atoms with van der Waals surface area (Å²) in [5, 5.41) is 3.89. The smallest absolute Gasteiger partial charge is 0.339 e. The van der Waals surface area contributed by atoms with Crippen molar-refractivity contribution in [3.63, 3.8) is 0 Å². The number of aryl methyl sites for hydroxylation is 1. The fourth-order valence-electron chi connectivity index (χ4n) is 2.96. The van der Waals surface area contributed by atoms with Crippen LogP contribution in [0.1, 0.15) is 47.2 Å². The van der Waals surface area contributed by atoms with Crippen LogP contribution in [0.5, 0.6) is 5.75 Å². The number of likely N-dealkylation sites (tertiary alicyclic amines) is 1. The number of aromatic nitrogens is 1. The van der Waals surface area contributed by atoms with Crippen LogP contribution in [-0.2, 0) is 0 Å². The molecule has 1 amide bonds. The van der Waals surface area contributed by atoms with Crippen LogP contribution >= 0.6 is 0 Å². The number of ether oxygens (including phenoxy) is 1. The van der Waals surface area contributed by atoms with E-state index < -0.39 is 5.63 Å². The van der Waals surface area contributed by atoms with Gasteiger partial charge in [0, 0.05) is 31.0 Å². The molecule has 1 saturated heterocycles. The number of carbonyl (C=O) groups excluding carboxylic acids is 1. The summed E-state index contributed by atoms with van der Waals surface area (Å²) < 4.78 is 16.0. The van der Waals surface area contributed by atoms with Crippen molar-refractivity contribution in [1.82, 2.24) is 10.1 Å². The SMILES string of the molecule is Cc1cc(OC2CCN(C(=O)c3cc(C4CC4)on3)C2)cc(=O)o1. The minimum Gasteiger partial charge on any atom is -0.488 e. The molecule has 4 rings (SSSR count). The molecule has 3 heterocycles. The van der Waals surface area contributed by atoms with Gasteiger partial charge in [-0.15, -0.1) is 0 Å². The molecule has 0 N–H and O–H groups in total. The van der Waals surface area contributed by atoms with Gasteiger partial charge in [-0.25, -0.2) is 4.79 Å². The van der Waals surface area contributed by atoms with Gasteiger partial charge in [0.05, 0.1) is 12.6 Å². The predicted molar refractivity (Wildman–Crippen MR) is 83.1 cm³/mol. The van der Waals surface area contributed by atoms with E-state index in [-0.39, 0.29) is 12.0 Å². The van der Waals surface area contributed by atoms with Crippen LogP contribution in [0.2, 0.25) is 0 Å². The van der Waals surface area contributed by atoms with Crippen molar-refractivity contribution in [2.75, 3.05) is 13.1 Å².